The van der Waals surface area contributed by atoms with Crippen LogP contribution in [0.4, 0.5) is 11.6 Å². The number of nitro benzene ring substituents is 1. The number of benzene rings is 1. The van der Waals surface area contributed by atoms with Gasteiger partial charge in [-0.15, -0.1) is 4.98 Å². The number of non-ortho nitro benzene ring substituents is 1. The van der Waals surface area contributed by atoms with E-state index in [1.54, 1.807) is 0 Å². The number of nitrogen functional groups attached to an aromatic ring is 1. The number of aromatic nitrogens is 3. The first-order chi connectivity index (χ1) is 10.1. The predicted molar refractivity (Wildman–Crippen MR) is 73.2 cm³/mol. The van der Waals surface area contributed by atoms with Crippen molar-refractivity contribution in [2.75, 3.05) is 12.3 Å². The number of anilines is 1. The highest BCUT2D eigenvalue weighted by Crippen LogP contribution is 2.22. The van der Waals surface area contributed by atoms with Gasteiger partial charge in [-0.3, -0.25) is 10.1 Å². The maximum Gasteiger partial charge on any atom is 0.330 e. The first kappa shape index (κ1) is 14.4. The van der Waals surface area contributed by atoms with Crippen LogP contribution in [0.15, 0.2) is 24.3 Å². The van der Waals surface area contributed by atoms with Crippen LogP contribution in [-0.4, -0.2) is 26.5 Å². The molecule has 9 heteroatoms. The number of nitrogens with two attached hydrogens (primary N) is 1. The largest absolute Gasteiger partial charge is 0.463 e. The van der Waals surface area contributed by atoms with Gasteiger partial charge in [-0.05, 0) is 18.6 Å². The van der Waals surface area contributed by atoms with Gasteiger partial charge in [-0.2, -0.15) is 9.97 Å². The lowest BCUT2D eigenvalue weighted by atomic mass is 10.3. The predicted octanol–water partition coefficient (Wildman–Crippen LogP) is 1.94. The topological polar surface area (TPSA) is 126 Å². The van der Waals surface area contributed by atoms with Crippen molar-refractivity contribution in [3.63, 3.8) is 0 Å². The van der Waals surface area contributed by atoms with Crippen molar-refractivity contribution in [1.29, 1.82) is 0 Å². The summed E-state index contributed by atoms with van der Waals surface area (Å²) in [6, 6.07) is 5.53. The SMILES string of the molecule is CCCOc1nc(N)nc(Oc2ccc([N+](=O)[O-])cc2)n1. The maximum absolute atomic E-state index is 10.6. The van der Waals surface area contributed by atoms with Crippen molar-refractivity contribution in [3.05, 3.63) is 34.4 Å². The molecular weight excluding hydrogens is 278 g/mol. The van der Waals surface area contributed by atoms with Gasteiger partial charge in [0, 0.05) is 12.1 Å². The quantitative estimate of drug-likeness (QED) is 0.632. The Kier molecular flexibility index (Phi) is 4.44. The van der Waals surface area contributed by atoms with Crippen LogP contribution in [0.2, 0.25) is 0 Å². The summed E-state index contributed by atoms with van der Waals surface area (Å²) in [5.74, 6) is 0.306. The molecule has 0 saturated heterocycles. The molecule has 0 fully saturated rings. The zero-order valence-corrected chi connectivity index (χ0v) is 11.2. The average Bonchev–Trinajstić information content (AvgIpc) is 2.45. The lowest BCUT2D eigenvalue weighted by molar-refractivity contribution is -0.384. The lowest BCUT2D eigenvalue weighted by Crippen LogP contribution is -2.05. The lowest BCUT2D eigenvalue weighted by Gasteiger charge is -2.06. The highest BCUT2D eigenvalue weighted by molar-refractivity contribution is 5.37. The second kappa shape index (κ2) is 6.46. The molecule has 0 amide bonds. The molecule has 2 rings (SSSR count). The monoisotopic (exact) mass is 291 g/mol. The highest BCUT2D eigenvalue weighted by Gasteiger charge is 2.09. The Hall–Kier alpha value is -2.97. The van der Waals surface area contributed by atoms with Gasteiger partial charge in [0.15, 0.2) is 0 Å². The number of hydrogen-bond acceptors (Lipinski definition) is 8. The van der Waals surface area contributed by atoms with Crippen molar-refractivity contribution in [1.82, 2.24) is 15.0 Å². The molecule has 2 aromatic rings. The molecule has 2 N–H and O–H groups in total. The molecule has 0 unspecified atom stereocenters. The van der Waals surface area contributed by atoms with Crippen LogP contribution in [0.5, 0.6) is 17.8 Å². The van der Waals surface area contributed by atoms with Crippen LogP contribution in [0.1, 0.15) is 13.3 Å². The first-order valence-electron chi connectivity index (χ1n) is 6.15. The van der Waals surface area contributed by atoms with Crippen molar-refractivity contribution in [3.8, 4) is 17.8 Å². The Labute approximate surface area is 119 Å². The molecule has 0 bridgehead atoms. The number of nitro groups is 1. The molecule has 21 heavy (non-hydrogen) atoms. The summed E-state index contributed by atoms with van der Waals surface area (Å²) in [5, 5.41) is 10.6. The number of nitrogens with zero attached hydrogens (tertiary/aromatic N) is 4. The summed E-state index contributed by atoms with van der Waals surface area (Å²) in [6.07, 6.45) is 0.796. The average molecular weight is 291 g/mol. The molecular formula is C12H13N5O4. The minimum atomic E-state index is -0.499. The molecule has 0 aliphatic heterocycles. The molecule has 0 saturated carbocycles. The van der Waals surface area contributed by atoms with Gasteiger partial charge in [-0.25, -0.2) is 0 Å². The van der Waals surface area contributed by atoms with E-state index in [1.807, 2.05) is 6.92 Å². The Bertz CT molecular complexity index is 632. The Morgan fingerprint density at radius 1 is 1.19 bits per heavy atom. The molecule has 9 nitrogen and oxygen atoms in total. The molecule has 110 valence electrons. The fraction of sp³-hybridized carbons (Fsp3) is 0.250. The smallest absolute Gasteiger partial charge is 0.330 e. The Morgan fingerprint density at radius 2 is 1.86 bits per heavy atom. The van der Waals surface area contributed by atoms with Gasteiger partial charge in [0.05, 0.1) is 11.5 Å². The summed E-state index contributed by atoms with van der Waals surface area (Å²) in [6.45, 7) is 2.39. The first-order valence-corrected chi connectivity index (χ1v) is 6.15. The summed E-state index contributed by atoms with van der Waals surface area (Å²) < 4.78 is 10.6. The summed E-state index contributed by atoms with van der Waals surface area (Å²) in [5.41, 5.74) is 5.50. The molecule has 0 aliphatic rings. The standard InChI is InChI=1S/C12H13N5O4/c1-2-7-20-11-14-10(13)15-12(16-11)21-9-5-3-8(4-6-9)17(18)19/h3-6H,2,7H2,1H3,(H2,13,14,15,16). The van der Waals surface area contributed by atoms with Gasteiger partial charge in [-0.1, -0.05) is 6.92 Å². The number of hydrogen-bond donors (Lipinski definition) is 1. The van der Waals surface area contributed by atoms with E-state index in [-0.39, 0.29) is 23.7 Å². The number of ether oxygens (including phenoxy) is 2. The zero-order valence-electron chi connectivity index (χ0n) is 11.2. The maximum atomic E-state index is 10.6. The molecule has 0 radical (unpaired) electrons. The zero-order chi connectivity index (χ0) is 15.2. The molecule has 1 aromatic heterocycles. The Morgan fingerprint density at radius 3 is 2.48 bits per heavy atom. The van der Waals surface area contributed by atoms with E-state index in [0.717, 1.165) is 6.42 Å². The summed E-state index contributed by atoms with van der Waals surface area (Å²) in [4.78, 5) is 21.6. The van der Waals surface area contributed by atoms with E-state index in [9.17, 15) is 10.1 Å². The van der Waals surface area contributed by atoms with E-state index in [1.165, 1.54) is 24.3 Å². The van der Waals surface area contributed by atoms with Crippen molar-refractivity contribution in [2.24, 2.45) is 0 Å². The molecule has 0 aliphatic carbocycles. The van der Waals surface area contributed by atoms with E-state index >= 15 is 0 Å². The number of rotatable bonds is 6. The van der Waals surface area contributed by atoms with E-state index in [0.29, 0.717) is 12.4 Å². The van der Waals surface area contributed by atoms with Crippen LogP contribution >= 0.6 is 0 Å². The third-order valence-electron chi connectivity index (χ3n) is 2.30. The Balaban J connectivity index is 2.14. The van der Waals surface area contributed by atoms with Gasteiger partial charge < -0.3 is 15.2 Å². The van der Waals surface area contributed by atoms with Crippen molar-refractivity contribution in [2.45, 2.75) is 13.3 Å². The summed E-state index contributed by atoms with van der Waals surface area (Å²) >= 11 is 0. The summed E-state index contributed by atoms with van der Waals surface area (Å²) in [7, 11) is 0. The van der Waals surface area contributed by atoms with Gasteiger partial charge >= 0.3 is 12.0 Å². The van der Waals surface area contributed by atoms with Crippen LogP contribution in [-0.2, 0) is 0 Å². The molecule has 1 aromatic carbocycles. The van der Waals surface area contributed by atoms with Crippen LogP contribution in [0.25, 0.3) is 0 Å². The van der Waals surface area contributed by atoms with E-state index < -0.39 is 4.92 Å². The molecule has 0 atom stereocenters. The molecule has 1 heterocycles. The fourth-order valence-electron chi connectivity index (χ4n) is 1.40. The fourth-order valence-corrected chi connectivity index (χ4v) is 1.40. The van der Waals surface area contributed by atoms with Gasteiger partial charge in [0.1, 0.15) is 5.75 Å². The van der Waals surface area contributed by atoms with Gasteiger partial charge in [0.25, 0.3) is 5.69 Å². The molecule has 0 spiro atoms. The van der Waals surface area contributed by atoms with Crippen LogP contribution in [0.3, 0.4) is 0 Å². The second-order valence-electron chi connectivity index (χ2n) is 3.96. The van der Waals surface area contributed by atoms with E-state index in [2.05, 4.69) is 15.0 Å². The minimum absolute atomic E-state index is 0.0342. The van der Waals surface area contributed by atoms with E-state index in [4.69, 9.17) is 15.2 Å². The minimum Gasteiger partial charge on any atom is -0.463 e. The second-order valence-corrected chi connectivity index (χ2v) is 3.96. The van der Waals surface area contributed by atoms with Crippen LogP contribution < -0.4 is 15.2 Å². The van der Waals surface area contributed by atoms with Crippen molar-refractivity contribution >= 4 is 11.6 Å². The third-order valence-corrected chi connectivity index (χ3v) is 2.30. The van der Waals surface area contributed by atoms with Crippen molar-refractivity contribution < 1.29 is 14.4 Å². The third kappa shape index (κ3) is 4.00. The van der Waals surface area contributed by atoms with Gasteiger partial charge in [0.2, 0.25) is 5.95 Å². The van der Waals surface area contributed by atoms with Crippen LogP contribution in [0, 0.1) is 10.1 Å². The highest BCUT2D eigenvalue weighted by atomic mass is 16.6. The normalized spacial score (nSPS) is 10.1.